The van der Waals surface area contributed by atoms with Crippen molar-refractivity contribution in [1.29, 1.82) is 0 Å². The van der Waals surface area contributed by atoms with E-state index in [4.69, 9.17) is 4.42 Å². The Morgan fingerprint density at radius 2 is 1.95 bits per heavy atom. The van der Waals surface area contributed by atoms with E-state index >= 15 is 0 Å². The van der Waals surface area contributed by atoms with Gasteiger partial charge in [0.05, 0.1) is 5.75 Å². The summed E-state index contributed by atoms with van der Waals surface area (Å²) in [6.07, 6.45) is 2.62. The van der Waals surface area contributed by atoms with Gasteiger partial charge in [0.15, 0.2) is 0 Å². The monoisotopic (exact) mass is 326 g/mol. The maximum absolute atomic E-state index is 11.9. The van der Waals surface area contributed by atoms with E-state index in [0.717, 1.165) is 12.3 Å². The fourth-order valence-corrected chi connectivity index (χ4v) is 3.16. The molecule has 1 atom stereocenters. The van der Waals surface area contributed by atoms with Crippen LogP contribution in [0.1, 0.15) is 57.4 Å². The first-order chi connectivity index (χ1) is 10.6. The number of likely N-dealkylation sites (tertiary alicyclic amines) is 1. The van der Waals surface area contributed by atoms with Crippen LogP contribution < -0.4 is 5.32 Å². The molecule has 0 saturated carbocycles. The highest BCUT2D eigenvalue weighted by molar-refractivity contribution is 7.99. The molecule has 2 rings (SSSR count). The maximum atomic E-state index is 11.9. The van der Waals surface area contributed by atoms with Gasteiger partial charge in [0.25, 0.3) is 0 Å². The van der Waals surface area contributed by atoms with Gasteiger partial charge in [-0.25, -0.2) is 0 Å². The first-order valence-corrected chi connectivity index (χ1v) is 9.14. The average Bonchev–Trinajstić information content (AvgIpc) is 3.14. The van der Waals surface area contributed by atoms with Crippen molar-refractivity contribution in [3.05, 3.63) is 11.8 Å². The van der Waals surface area contributed by atoms with Crippen molar-refractivity contribution < 1.29 is 9.21 Å². The quantitative estimate of drug-likeness (QED) is 0.739. The second-order valence-electron chi connectivity index (χ2n) is 6.02. The Morgan fingerprint density at radius 3 is 2.59 bits per heavy atom. The summed E-state index contributed by atoms with van der Waals surface area (Å²) >= 11 is 1.68. The average molecular weight is 326 g/mol. The van der Waals surface area contributed by atoms with Crippen LogP contribution in [-0.2, 0) is 4.79 Å². The maximum Gasteiger partial charge on any atom is 0.238 e. The van der Waals surface area contributed by atoms with E-state index in [1.807, 2.05) is 20.8 Å². The lowest BCUT2D eigenvalue weighted by molar-refractivity contribution is -0.119. The van der Waals surface area contributed by atoms with E-state index in [9.17, 15) is 4.79 Å². The molecule has 6 nitrogen and oxygen atoms in total. The van der Waals surface area contributed by atoms with Crippen LogP contribution in [0.4, 0.5) is 0 Å². The van der Waals surface area contributed by atoms with Crippen molar-refractivity contribution >= 4 is 17.7 Å². The number of hydrogen-bond acceptors (Lipinski definition) is 6. The van der Waals surface area contributed by atoms with Gasteiger partial charge >= 0.3 is 0 Å². The van der Waals surface area contributed by atoms with Gasteiger partial charge in [-0.3, -0.25) is 4.79 Å². The Morgan fingerprint density at radius 1 is 1.27 bits per heavy atom. The van der Waals surface area contributed by atoms with Gasteiger partial charge in [0.2, 0.25) is 17.7 Å². The Bertz CT molecular complexity index is 472. The van der Waals surface area contributed by atoms with E-state index in [0.29, 0.717) is 17.5 Å². The van der Waals surface area contributed by atoms with Crippen molar-refractivity contribution in [3.8, 4) is 0 Å². The normalized spacial score (nSPS) is 17.1. The van der Waals surface area contributed by atoms with Gasteiger partial charge in [-0.1, -0.05) is 13.8 Å². The van der Waals surface area contributed by atoms with Crippen LogP contribution in [0.25, 0.3) is 0 Å². The van der Waals surface area contributed by atoms with Crippen LogP contribution in [-0.4, -0.2) is 52.1 Å². The van der Waals surface area contributed by atoms with Crippen molar-refractivity contribution in [2.45, 2.75) is 45.6 Å². The Balaban J connectivity index is 1.64. The van der Waals surface area contributed by atoms with Crippen LogP contribution in [0, 0.1) is 0 Å². The molecule has 124 valence electrons. The molecule has 0 aliphatic carbocycles. The highest BCUT2D eigenvalue weighted by Gasteiger charge is 2.17. The van der Waals surface area contributed by atoms with Gasteiger partial charge in [-0.05, 0) is 32.9 Å². The molecular formula is C15H26N4O2S. The number of nitrogens with one attached hydrogen (secondary N) is 1. The number of carbonyl (C=O) groups is 1. The standard InChI is InChI=1S/C15H26N4O2S/c1-11(2)14-17-18-15(21-14)12(3)16-13(20)10-22-9-8-19-6-4-5-7-19/h11-12H,4-10H2,1-3H3,(H,16,20). The molecule has 0 aromatic carbocycles. The molecule has 1 unspecified atom stereocenters. The Kier molecular flexibility index (Phi) is 6.70. The highest BCUT2D eigenvalue weighted by atomic mass is 32.2. The summed E-state index contributed by atoms with van der Waals surface area (Å²) in [7, 11) is 0. The molecular weight excluding hydrogens is 300 g/mol. The number of aromatic nitrogens is 2. The topological polar surface area (TPSA) is 71.3 Å². The van der Waals surface area contributed by atoms with E-state index in [1.165, 1.54) is 25.9 Å². The molecule has 1 aromatic heterocycles. The number of carbonyl (C=O) groups excluding carboxylic acids is 1. The summed E-state index contributed by atoms with van der Waals surface area (Å²) in [6.45, 7) is 9.35. The molecule has 0 bridgehead atoms. The third kappa shape index (κ3) is 5.28. The SMILES string of the molecule is CC(C)c1nnc(C(C)NC(=O)CSCCN2CCCC2)o1. The first-order valence-electron chi connectivity index (χ1n) is 7.99. The van der Waals surface area contributed by atoms with Gasteiger partial charge < -0.3 is 14.6 Å². The molecule has 1 aliphatic rings. The molecule has 1 amide bonds. The van der Waals surface area contributed by atoms with Crippen molar-refractivity contribution in [2.24, 2.45) is 0 Å². The molecule has 22 heavy (non-hydrogen) atoms. The summed E-state index contributed by atoms with van der Waals surface area (Å²) in [5.41, 5.74) is 0. The smallest absolute Gasteiger partial charge is 0.238 e. The predicted molar refractivity (Wildman–Crippen MR) is 87.9 cm³/mol. The highest BCUT2D eigenvalue weighted by Crippen LogP contribution is 2.16. The van der Waals surface area contributed by atoms with Crippen LogP contribution in [0.5, 0.6) is 0 Å². The first kappa shape index (κ1) is 17.3. The van der Waals surface area contributed by atoms with Crippen LogP contribution in [0.3, 0.4) is 0 Å². The number of rotatable bonds is 8. The molecule has 0 spiro atoms. The minimum absolute atomic E-state index is 0.0169. The van der Waals surface area contributed by atoms with E-state index < -0.39 is 0 Å². The summed E-state index contributed by atoms with van der Waals surface area (Å²) in [6, 6.07) is -0.244. The summed E-state index contributed by atoms with van der Waals surface area (Å²) in [4.78, 5) is 14.4. The molecule has 0 radical (unpaired) electrons. The zero-order chi connectivity index (χ0) is 15.9. The largest absolute Gasteiger partial charge is 0.423 e. The Labute approximate surface area is 136 Å². The minimum Gasteiger partial charge on any atom is -0.423 e. The molecule has 1 N–H and O–H groups in total. The number of amides is 1. The minimum atomic E-state index is -0.244. The van der Waals surface area contributed by atoms with Crippen molar-refractivity contribution in [2.75, 3.05) is 31.1 Å². The van der Waals surface area contributed by atoms with E-state index in [-0.39, 0.29) is 17.9 Å². The van der Waals surface area contributed by atoms with Gasteiger partial charge in [0.1, 0.15) is 6.04 Å². The van der Waals surface area contributed by atoms with Crippen LogP contribution in [0.15, 0.2) is 4.42 Å². The van der Waals surface area contributed by atoms with Crippen molar-refractivity contribution in [3.63, 3.8) is 0 Å². The summed E-state index contributed by atoms with van der Waals surface area (Å²) < 4.78 is 5.55. The lowest BCUT2D eigenvalue weighted by Gasteiger charge is -2.14. The second-order valence-corrected chi connectivity index (χ2v) is 7.13. The molecule has 1 saturated heterocycles. The number of nitrogens with zero attached hydrogens (tertiary/aromatic N) is 3. The predicted octanol–water partition coefficient (Wildman–Crippen LogP) is 2.20. The summed E-state index contributed by atoms with van der Waals surface area (Å²) in [5, 5.41) is 10.9. The van der Waals surface area contributed by atoms with Gasteiger partial charge in [-0.15, -0.1) is 10.2 Å². The fourth-order valence-electron chi connectivity index (χ4n) is 2.36. The third-order valence-corrected chi connectivity index (χ3v) is 4.62. The Hall–Kier alpha value is -1.08. The molecule has 1 fully saturated rings. The van der Waals surface area contributed by atoms with E-state index in [2.05, 4.69) is 20.4 Å². The molecule has 2 heterocycles. The zero-order valence-corrected chi connectivity index (χ0v) is 14.5. The fraction of sp³-hybridized carbons (Fsp3) is 0.800. The number of hydrogen-bond donors (Lipinski definition) is 1. The van der Waals surface area contributed by atoms with Crippen LogP contribution in [0.2, 0.25) is 0 Å². The molecule has 1 aliphatic heterocycles. The lowest BCUT2D eigenvalue weighted by Crippen LogP contribution is -2.29. The van der Waals surface area contributed by atoms with Gasteiger partial charge in [0, 0.05) is 18.2 Å². The van der Waals surface area contributed by atoms with E-state index in [1.54, 1.807) is 11.8 Å². The lowest BCUT2D eigenvalue weighted by atomic mass is 10.2. The number of thioether (sulfide) groups is 1. The molecule has 7 heteroatoms. The van der Waals surface area contributed by atoms with Crippen LogP contribution >= 0.6 is 11.8 Å². The molecule has 1 aromatic rings. The second kappa shape index (κ2) is 8.53. The van der Waals surface area contributed by atoms with Gasteiger partial charge in [-0.2, -0.15) is 11.8 Å². The van der Waals surface area contributed by atoms with Crippen molar-refractivity contribution in [1.82, 2.24) is 20.4 Å². The zero-order valence-electron chi connectivity index (χ0n) is 13.7. The third-order valence-electron chi connectivity index (χ3n) is 3.68. The summed E-state index contributed by atoms with van der Waals surface area (Å²) in [5.74, 6) is 2.77.